The van der Waals surface area contributed by atoms with E-state index in [1.165, 1.54) is 4.80 Å². The van der Waals surface area contributed by atoms with Gasteiger partial charge in [-0.25, -0.2) is 0 Å². The second-order valence-electron chi connectivity index (χ2n) is 6.49. The summed E-state index contributed by atoms with van der Waals surface area (Å²) in [5, 5.41) is 22.5. The van der Waals surface area contributed by atoms with Gasteiger partial charge in [-0.05, 0) is 60.5 Å². The number of tetrazole rings is 1. The molecule has 0 bridgehead atoms. The number of carbonyl (C=O) groups is 1. The lowest BCUT2D eigenvalue weighted by Gasteiger charge is -2.11. The molecular formula is C20H21BrN4O3. The van der Waals surface area contributed by atoms with Gasteiger partial charge < -0.3 is 14.6 Å². The maximum absolute atomic E-state index is 11.0. The first kappa shape index (κ1) is 20.2. The van der Waals surface area contributed by atoms with Crippen molar-refractivity contribution < 1.29 is 14.6 Å². The van der Waals surface area contributed by atoms with E-state index in [9.17, 15) is 9.90 Å². The van der Waals surface area contributed by atoms with Crippen molar-refractivity contribution in [3.8, 4) is 17.1 Å². The number of hydrogen-bond donors (Lipinski definition) is 1. The summed E-state index contributed by atoms with van der Waals surface area (Å²) in [6, 6.07) is 15.1. The number of aliphatic hydroxyl groups excluding tert-OH is 1. The van der Waals surface area contributed by atoms with Crippen molar-refractivity contribution in [2.75, 3.05) is 6.61 Å². The fourth-order valence-corrected chi connectivity index (χ4v) is 2.81. The standard InChI is InChI=1S/C20H21BrN4O3/c1-14(26)2-3-15-4-10-19(11-5-15)28-13-18(27)12-25-23-20(22-24-25)16-6-8-17(21)9-7-16/h4-11,18,27H,2-3,12-13H2,1H3/t18-/m1/s1. The Bertz CT molecular complexity index is 910. The molecule has 3 aromatic rings. The van der Waals surface area contributed by atoms with Gasteiger partial charge in [0.05, 0.1) is 6.54 Å². The molecule has 1 aromatic heterocycles. The predicted octanol–water partition coefficient (Wildman–Crippen LogP) is 3.06. The number of ether oxygens (including phenoxy) is 1. The van der Waals surface area contributed by atoms with Crippen molar-refractivity contribution in [1.29, 1.82) is 0 Å². The van der Waals surface area contributed by atoms with Gasteiger partial charge in [0.1, 0.15) is 24.2 Å². The predicted molar refractivity (Wildman–Crippen MR) is 108 cm³/mol. The molecule has 0 saturated heterocycles. The van der Waals surface area contributed by atoms with E-state index in [1.807, 2.05) is 48.5 Å². The van der Waals surface area contributed by atoms with Crippen LogP contribution in [0, 0.1) is 0 Å². The first-order valence-electron chi connectivity index (χ1n) is 8.92. The third-order valence-electron chi connectivity index (χ3n) is 4.06. The Hall–Kier alpha value is -2.58. The van der Waals surface area contributed by atoms with Crippen LogP contribution >= 0.6 is 15.9 Å². The van der Waals surface area contributed by atoms with E-state index >= 15 is 0 Å². The highest BCUT2D eigenvalue weighted by atomic mass is 79.9. The number of benzene rings is 2. The maximum Gasteiger partial charge on any atom is 0.204 e. The highest BCUT2D eigenvalue weighted by Crippen LogP contribution is 2.17. The molecule has 0 fully saturated rings. The van der Waals surface area contributed by atoms with E-state index in [0.29, 0.717) is 18.0 Å². The molecular weight excluding hydrogens is 424 g/mol. The lowest BCUT2D eigenvalue weighted by Crippen LogP contribution is -2.25. The minimum atomic E-state index is -0.774. The summed E-state index contributed by atoms with van der Waals surface area (Å²) in [5.41, 5.74) is 1.93. The number of nitrogens with zero attached hydrogens (tertiary/aromatic N) is 4. The fraction of sp³-hybridized carbons (Fsp3) is 0.300. The van der Waals surface area contributed by atoms with Gasteiger partial charge in [-0.15, -0.1) is 10.2 Å². The topological polar surface area (TPSA) is 90.1 Å². The molecule has 146 valence electrons. The van der Waals surface area contributed by atoms with E-state index in [0.717, 1.165) is 22.0 Å². The molecule has 2 aromatic carbocycles. The molecule has 3 rings (SSSR count). The summed E-state index contributed by atoms with van der Waals surface area (Å²) in [4.78, 5) is 12.4. The molecule has 0 aliphatic rings. The summed E-state index contributed by atoms with van der Waals surface area (Å²) in [5.74, 6) is 1.34. The smallest absolute Gasteiger partial charge is 0.204 e. The molecule has 0 unspecified atom stereocenters. The van der Waals surface area contributed by atoms with Crippen molar-refractivity contribution in [2.24, 2.45) is 0 Å². The lowest BCUT2D eigenvalue weighted by atomic mass is 10.1. The molecule has 0 spiro atoms. The zero-order valence-corrected chi connectivity index (χ0v) is 17.0. The third-order valence-corrected chi connectivity index (χ3v) is 4.59. The third kappa shape index (κ3) is 5.97. The van der Waals surface area contributed by atoms with E-state index in [1.54, 1.807) is 6.92 Å². The van der Waals surface area contributed by atoms with Crippen LogP contribution in [0.1, 0.15) is 18.9 Å². The van der Waals surface area contributed by atoms with Gasteiger partial charge in [-0.1, -0.05) is 28.1 Å². The Kier molecular flexibility index (Phi) is 6.89. The Morgan fingerprint density at radius 1 is 1.18 bits per heavy atom. The molecule has 0 amide bonds. The quantitative estimate of drug-likeness (QED) is 0.545. The van der Waals surface area contributed by atoms with Crippen LogP contribution in [0.5, 0.6) is 5.75 Å². The van der Waals surface area contributed by atoms with Crippen LogP contribution in [0.25, 0.3) is 11.4 Å². The van der Waals surface area contributed by atoms with Crippen LogP contribution in [-0.2, 0) is 17.8 Å². The van der Waals surface area contributed by atoms with Gasteiger partial charge in [0, 0.05) is 16.5 Å². The molecule has 1 atom stereocenters. The van der Waals surface area contributed by atoms with Crippen LogP contribution in [0.15, 0.2) is 53.0 Å². The number of rotatable bonds is 9. The van der Waals surface area contributed by atoms with E-state index in [-0.39, 0.29) is 18.9 Å². The average Bonchev–Trinajstić information content (AvgIpc) is 3.14. The number of halogens is 1. The average molecular weight is 445 g/mol. The van der Waals surface area contributed by atoms with Gasteiger partial charge >= 0.3 is 0 Å². The number of aryl methyl sites for hydroxylation is 1. The Morgan fingerprint density at radius 3 is 2.57 bits per heavy atom. The summed E-state index contributed by atoms with van der Waals surface area (Å²) in [7, 11) is 0. The van der Waals surface area contributed by atoms with Crippen LogP contribution in [0.2, 0.25) is 0 Å². The molecule has 0 saturated carbocycles. The van der Waals surface area contributed by atoms with Gasteiger partial charge in [-0.3, -0.25) is 0 Å². The summed E-state index contributed by atoms with van der Waals surface area (Å²) in [6.07, 6.45) is 0.479. The normalized spacial score (nSPS) is 12.0. The Labute approximate surface area is 171 Å². The summed E-state index contributed by atoms with van der Waals surface area (Å²) in [6.45, 7) is 1.88. The number of aromatic nitrogens is 4. The van der Waals surface area contributed by atoms with Crippen molar-refractivity contribution in [2.45, 2.75) is 32.4 Å². The minimum Gasteiger partial charge on any atom is -0.491 e. The van der Waals surface area contributed by atoms with Crippen molar-refractivity contribution in [1.82, 2.24) is 20.2 Å². The van der Waals surface area contributed by atoms with E-state index in [4.69, 9.17) is 4.74 Å². The van der Waals surface area contributed by atoms with Crippen molar-refractivity contribution in [3.05, 3.63) is 58.6 Å². The van der Waals surface area contributed by atoms with Gasteiger partial charge in [0.2, 0.25) is 5.82 Å². The first-order chi connectivity index (χ1) is 13.5. The molecule has 8 heteroatoms. The minimum absolute atomic E-state index is 0.113. The highest BCUT2D eigenvalue weighted by molar-refractivity contribution is 9.10. The molecule has 1 heterocycles. The van der Waals surface area contributed by atoms with Gasteiger partial charge in [-0.2, -0.15) is 4.80 Å². The monoisotopic (exact) mass is 444 g/mol. The maximum atomic E-state index is 11.0. The first-order valence-corrected chi connectivity index (χ1v) is 9.72. The van der Waals surface area contributed by atoms with Crippen molar-refractivity contribution >= 4 is 21.7 Å². The fourth-order valence-electron chi connectivity index (χ4n) is 2.54. The van der Waals surface area contributed by atoms with Crippen LogP contribution in [0.4, 0.5) is 0 Å². The summed E-state index contributed by atoms with van der Waals surface area (Å²) >= 11 is 3.39. The molecule has 28 heavy (non-hydrogen) atoms. The zero-order valence-electron chi connectivity index (χ0n) is 15.5. The Balaban J connectivity index is 1.48. The van der Waals surface area contributed by atoms with Crippen LogP contribution in [0.3, 0.4) is 0 Å². The zero-order chi connectivity index (χ0) is 19.9. The van der Waals surface area contributed by atoms with Crippen LogP contribution in [-0.4, -0.2) is 43.8 Å². The molecule has 7 nitrogen and oxygen atoms in total. The lowest BCUT2D eigenvalue weighted by molar-refractivity contribution is -0.116. The molecule has 0 aliphatic heterocycles. The second kappa shape index (κ2) is 9.57. The summed E-state index contributed by atoms with van der Waals surface area (Å²) < 4.78 is 6.59. The van der Waals surface area contributed by atoms with E-state index in [2.05, 4.69) is 31.3 Å². The second-order valence-corrected chi connectivity index (χ2v) is 7.40. The number of carbonyl (C=O) groups excluding carboxylic acids is 1. The molecule has 0 radical (unpaired) electrons. The SMILES string of the molecule is CC(=O)CCc1ccc(OC[C@H](O)Cn2nnc(-c3ccc(Br)cc3)n2)cc1. The van der Waals surface area contributed by atoms with E-state index < -0.39 is 6.10 Å². The largest absolute Gasteiger partial charge is 0.491 e. The molecule has 1 N–H and O–H groups in total. The highest BCUT2D eigenvalue weighted by Gasteiger charge is 2.11. The number of ketones is 1. The number of aliphatic hydroxyl groups is 1. The van der Waals surface area contributed by atoms with Gasteiger partial charge in [0.25, 0.3) is 0 Å². The number of hydrogen-bond acceptors (Lipinski definition) is 6. The van der Waals surface area contributed by atoms with Crippen LogP contribution < -0.4 is 4.74 Å². The Morgan fingerprint density at radius 2 is 1.89 bits per heavy atom. The van der Waals surface area contributed by atoms with Crippen molar-refractivity contribution in [3.63, 3.8) is 0 Å². The molecule has 0 aliphatic carbocycles. The number of Topliss-reactive ketones (excluding diaryl/α,β-unsaturated/α-hetero) is 1. The van der Waals surface area contributed by atoms with Gasteiger partial charge in [0.15, 0.2) is 0 Å².